The number of Topliss-reactive ketones (excluding diaryl/α,β-unsaturated/α-hetero) is 1. The van der Waals surface area contributed by atoms with Crippen LogP contribution in [0.2, 0.25) is 0 Å². The van der Waals surface area contributed by atoms with Gasteiger partial charge in [0.15, 0.2) is 5.78 Å². The third-order valence-electron chi connectivity index (χ3n) is 6.67. The van der Waals surface area contributed by atoms with Crippen molar-refractivity contribution < 1.29 is 29.0 Å². The van der Waals surface area contributed by atoms with E-state index in [9.17, 15) is 19.5 Å². The van der Waals surface area contributed by atoms with Gasteiger partial charge in [-0.3, -0.25) is 14.4 Å². The highest BCUT2D eigenvalue weighted by Gasteiger charge is 2.68. The van der Waals surface area contributed by atoms with Gasteiger partial charge in [-0.15, -0.1) is 0 Å². The Hall–Kier alpha value is -1.95. The Labute approximate surface area is 153 Å². The fourth-order valence-electron chi connectivity index (χ4n) is 4.67. The summed E-state index contributed by atoms with van der Waals surface area (Å²) >= 11 is 0. The molecule has 3 aliphatic rings. The summed E-state index contributed by atoms with van der Waals surface area (Å²) in [5.41, 5.74) is -0.240. The number of rotatable bonds is 3. The first-order valence-corrected chi connectivity index (χ1v) is 8.91. The summed E-state index contributed by atoms with van der Waals surface area (Å²) in [4.78, 5) is 36.4. The van der Waals surface area contributed by atoms with Crippen LogP contribution in [0.25, 0.3) is 0 Å². The second-order valence-electron chi connectivity index (χ2n) is 8.21. The molecule has 0 aliphatic heterocycles. The molecule has 3 rings (SSSR count). The van der Waals surface area contributed by atoms with Crippen molar-refractivity contribution in [3.63, 3.8) is 0 Å². The number of carbonyl (C=O) groups is 3. The van der Waals surface area contributed by atoms with Crippen LogP contribution in [0.1, 0.15) is 54.4 Å². The average Bonchev–Trinajstić information content (AvgIpc) is 3.31. The van der Waals surface area contributed by atoms with Gasteiger partial charge in [-0.25, -0.2) is 0 Å². The molecule has 142 valence electrons. The van der Waals surface area contributed by atoms with Gasteiger partial charge in [0.1, 0.15) is 18.3 Å². The van der Waals surface area contributed by atoms with Gasteiger partial charge in [0.2, 0.25) is 0 Å². The molecular weight excluding hydrogens is 336 g/mol. The Morgan fingerprint density at radius 3 is 2.15 bits per heavy atom. The fraction of sp³-hybridized carbons (Fsp3) is 0.650. The lowest BCUT2D eigenvalue weighted by Crippen LogP contribution is -2.50. The van der Waals surface area contributed by atoms with Crippen LogP contribution in [0, 0.1) is 10.8 Å². The molecule has 1 N–H and O–H groups in total. The fourth-order valence-corrected chi connectivity index (χ4v) is 4.67. The van der Waals surface area contributed by atoms with Crippen molar-refractivity contribution in [2.75, 3.05) is 6.61 Å². The van der Waals surface area contributed by atoms with E-state index in [0.717, 1.165) is 18.4 Å². The van der Waals surface area contributed by atoms with E-state index in [2.05, 4.69) is 0 Å². The highest BCUT2D eigenvalue weighted by atomic mass is 16.6. The first-order chi connectivity index (χ1) is 11.9. The summed E-state index contributed by atoms with van der Waals surface area (Å²) in [5, 5.41) is 11.0. The van der Waals surface area contributed by atoms with Crippen LogP contribution in [0.4, 0.5) is 0 Å². The third kappa shape index (κ3) is 2.24. The number of ether oxygens (including phenoxy) is 2. The number of carbonyl (C=O) groups excluding carboxylic acids is 3. The van der Waals surface area contributed by atoms with Gasteiger partial charge in [0.25, 0.3) is 0 Å². The monoisotopic (exact) mass is 362 g/mol. The predicted molar refractivity (Wildman–Crippen MR) is 93.0 cm³/mol. The Kier molecular flexibility index (Phi) is 4.00. The molecule has 26 heavy (non-hydrogen) atoms. The predicted octanol–water partition coefficient (Wildman–Crippen LogP) is 2.25. The Balaban J connectivity index is 2.22. The Morgan fingerprint density at radius 1 is 1.12 bits per heavy atom. The first kappa shape index (κ1) is 18.8. The van der Waals surface area contributed by atoms with Crippen LogP contribution in [-0.2, 0) is 23.9 Å². The highest BCUT2D eigenvalue weighted by molar-refractivity contribution is 6.10. The van der Waals surface area contributed by atoms with Crippen molar-refractivity contribution in [2.24, 2.45) is 10.8 Å². The molecule has 0 unspecified atom stereocenters. The van der Waals surface area contributed by atoms with Crippen molar-refractivity contribution in [1.82, 2.24) is 0 Å². The van der Waals surface area contributed by atoms with Crippen LogP contribution < -0.4 is 0 Å². The van der Waals surface area contributed by atoms with Crippen LogP contribution in [-0.4, -0.2) is 41.1 Å². The maximum absolute atomic E-state index is 13.2. The van der Waals surface area contributed by atoms with E-state index in [1.54, 1.807) is 13.8 Å². The lowest BCUT2D eigenvalue weighted by Gasteiger charge is -2.40. The summed E-state index contributed by atoms with van der Waals surface area (Å²) in [6.45, 7) is 9.73. The molecule has 3 atom stereocenters. The van der Waals surface area contributed by atoms with E-state index in [4.69, 9.17) is 9.47 Å². The molecule has 6 nitrogen and oxygen atoms in total. The Morgan fingerprint density at radius 2 is 1.69 bits per heavy atom. The van der Waals surface area contributed by atoms with E-state index in [1.807, 2.05) is 13.8 Å². The van der Waals surface area contributed by atoms with Gasteiger partial charge in [-0.1, -0.05) is 5.57 Å². The van der Waals surface area contributed by atoms with Crippen molar-refractivity contribution in [3.8, 4) is 0 Å². The van der Waals surface area contributed by atoms with E-state index in [1.165, 1.54) is 13.8 Å². The second-order valence-corrected chi connectivity index (χ2v) is 8.21. The molecule has 0 heterocycles. The van der Waals surface area contributed by atoms with Gasteiger partial charge in [0, 0.05) is 30.4 Å². The van der Waals surface area contributed by atoms with Crippen LogP contribution >= 0.6 is 0 Å². The maximum atomic E-state index is 13.2. The molecule has 3 aliphatic carbocycles. The van der Waals surface area contributed by atoms with Gasteiger partial charge in [0.05, 0.1) is 5.41 Å². The van der Waals surface area contributed by atoms with Gasteiger partial charge >= 0.3 is 11.9 Å². The van der Waals surface area contributed by atoms with Crippen LogP contribution in [0.15, 0.2) is 22.3 Å². The smallest absolute Gasteiger partial charge is 0.303 e. The van der Waals surface area contributed by atoms with E-state index in [-0.39, 0.29) is 12.4 Å². The quantitative estimate of drug-likeness (QED) is 0.775. The number of fused-ring (bicyclic) bond motifs is 1. The number of aliphatic hydroxyl groups is 1. The second kappa shape index (κ2) is 5.52. The summed E-state index contributed by atoms with van der Waals surface area (Å²) in [5.74, 6) is -1.24. The van der Waals surface area contributed by atoms with Crippen molar-refractivity contribution in [1.29, 1.82) is 0 Å². The van der Waals surface area contributed by atoms with Gasteiger partial charge in [-0.2, -0.15) is 0 Å². The number of esters is 2. The number of hydrogen-bond donors (Lipinski definition) is 1. The summed E-state index contributed by atoms with van der Waals surface area (Å²) < 4.78 is 10.9. The minimum Gasteiger partial charge on any atom is -0.465 e. The highest BCUT2D eigenvalue weighted by Crippen LogP contribution is 2.66. The van der Waals surface area contributed by atoms with Crippen LogP contribution in [0.5, 0.6) is 0 Å². The van der Waals surface area contributed by atoms with Gasteiger partial charge < -0.3 is 14.6 Å². The lowest BCUT2D eigenvalue weighted by molar-refractivity contribution is -0.154. The molecule has 0 bridgehead atoms. The topological polar surface area (TPSA) is 89.9 Å². The zero-order valence-corrected chi connectivity index (χ0v) is 16.2. The molecule has 0 aromatic heterocycles. The minimum absolute atomic E-state index is 0.00514. The standard InChI is InChI=1S/C20H26O6/c1-10-14-15(11(2)20(7-8-20)19(6,24)16(14)23)17(26-13(4)22)18(10,5)9-25-12(3)21/h17,24H,7-9H2,1-6H3/t17-,18-,19+/m1/s1. The largest absolute Gasteiger partial charge is 0.465 e. The Bertz CT molecular complexity index is 780. The molecule has 0 saturated heterocycles. The molecule has 0 aromatic carbocycles. The summed E-state index contributed by atoms with van der Waals surface area (Å²) in [7, 11) is 0. The summed E-state index contributed by atoms with van der Waals surface area (Å²) in [6.07, 6.45) is 0.730. The van der Waals surface area contributed by atoms with Crippen molar-refractivity contribution in [2.45, 2.75) is 66.1 Å². The molecule has 6 heteroatoms. The van der Waals surface area contributed by atoms with Crippen molar-refractivity contribution in [3.05, 3.63) is 22.3 Å². The molecule has 1 saturated carbocycles. The summed E-state index contributed by atoms with van der Waals surface area (Å²) in [6, 6.07) is 0. The number of ketones is 1. The molecule has 1 fully saturated rings. The third-order valence-corrected chi connectivity index (χ3v) is 6.67. The van der Waals surface area contributed by atoms with E-state index in [0.29, 0.717) is 16.7 Å². The molecule has 1 spiro atoms. The number of hydrogen-bond acceptors (Lipinski definition) is 6. The molecule has 0 amide bonds. The van der Waals surface area contributed by atoms with Gasteiger partial charge in [-0.05, 0) is 46.1 Å². The van der Waals surface area contributed by atoms with Crippen LogP contribution in [0.3, 0.4) is 0 Å². The van der Waals surface area contributed by atoms with E-state index >= 15 is 0 Å². The zero-order valence-electron chi connectivity index (χ0n) is 16.2. The van der Waals surface area contributed by atoms with Crippen molar-refractivity contribution >= 4 is 17.7 Å². The average molecular weight is 362 g/mol. The SMILES string of the molecule is CC(=O)OC[C@]1(C)C(C)=C2C(=O)[C@](C)(O)C3(CC3)C(C)=C2[C@H]1OC(C)=O. The molecular formula is C20H26O6. The lowest BCUT2D eigenvalue weighted by atomic mass is 9.67. The first-order valence-electron chi connectivity index (χ1n) is 8.91. The maximum Gasteiger partial charge on any atom is 0.303 e. The van der Waals surface area contributed by atoms with E-state index < -0.39 is 34.5 Å². The molecule has 0 radical (unpaired) electrons. The normalized spacial score (nSPS) is 34.9. The minimum atomic E-state index is -1.48. The molecule has 0 aromatic rings. The zero-order chi connectivity index (χ0) is 19.7.